The van der Waals surface area contributed by atoms with Gasteiger partial charge in [-0.15, -0.1) is 0 Å². The Balaban J connectivity index is 1.23. The van der Waals surface area contributed by atoms with E-state index in [-0.39, 0.29) is 11.8 Å². The van der Waals surface area contributed by atoms with Crippen LogP contribution >= 0.6 is 0 Å². The third-order valence-electron chi connectivity index (χ3n) is 7.18. The molecule has 3 aromatic rings. The average Bonchev–Trinajstić information content (AvgIpc) is 3.57. The number of carbonyl (C=O) groups is 2. The smallest absolute Gasteiger partial charge is 0.254 e. The summed E-state index contributed by atoms with van der Waals surface area (Å²) >= 11 is 0. The van der Waals surface area contributed by atoms with Crippen molar-refractivity contribution in [1.82, 2.24) is 4.90 Å². The van der Waals surface area contributed by atoms with Crippen LogP contribution in [-0.2, 0) is 17.8 Å². The van der Waals surface area contributed by atoms with Crippen LogP contribution in [-0.4, -0.2) is 30.4 Å². The molecule has 1 saturated carbocycles. The first-order chi connectivity index (χ1) is 17.1. The van der Waals surface area contributed by atoms with Crippen molar-refractivity contribution >= 4 is 17.5 Å². The predicted molar refractivity (Wildman–Crippen MR) is 135 cm³/mol. The Morgan fingerprint density at radius 2 is 1.89 bits per heavy atom. The molecular formula is C29H32N2O4. The molecule has 6 heteroatoms. The summed E-state index contributed by atoms with van der Waals surface area (Å²) in [5.41, 5.74) is 3.37. The van der Waals surface area contributed by atoms with Crippen molar-refractivity contribution in [2.45, 2.75) is 51.5 Å². The third kappa shape index (κ3) is 5.42. The number of hydrogen-bond acceptors (Lipinski definition) is 4. The zero-order valence-electron chi connectivity index (χ0n) is 20.2. The lowest BCUT2D eigenvalue weighted by Crippen LogP contribution is -2.35. The van der Waals surface area contributed by atoms with Gasteiger partial charge in [0, 0.05) is 48.3 Å². The molecule has 0 saturated heterocycles. The first-order valence-corrected chi connectivity index (χ1v) is 12.5. The van der Waals surface area contributed by atoms with Crippen molar-refractivity contribution < 1.29 is 18.7 Å². The molecule has 0 radical (unpaired) electrons. The summed E-state index contributed by atoms with van der Waals surface area (Å²) in [5, 5.41) is 3.04. The standard InChI is InChI=1S/C29H32N2O4/c1-34-25-12-10-21(11-13-25)29(33)31-16-15-26-23(19-31)18-27(35-26)22-7-4-8-24(17-22)30-28(32)14-9-20-5-2-3-6-20/h4,7-8,10-13,17-18,20H,2-3,5-6,9,14-16,19H2,1H3,(H,30,32). The maximum absolute atomic E-state index is 13.0. The molecule has 0 bridgehead atoms. The van der Waals surface area contributed by atoms with Gasteiger partial charge >= 0.3 is 0 Å². The van der Waals surface area contributed by atoms with E-state index in [0.717, 1.165) is 40.5 Å². The summed E-state index contributed by atoms with van der Waals surface area (Å²) in [7, 11) is 1.61. The van der Waals surface area contributed by atoms with Crippen molar-refractivity contribution in [2.75, 3.05) is 19.0 Å². The first-order valence-electron chi connectivity index (χ1n) is 12.5. The van der Waals surface area contributed by atoms with Crippen LogP contribution in [0, 0.1) is 5.92 Å². The monoisotopic (exact) mass is 472 g/mol. The molecule has 35 heavy (non-hydrogen) atoms. The second-order valence-electron chi connectivity index (χ2n) is 9.58. The van der Waals surface area contributed by atoms with E-state index in [1.807, 2.05) is 35.2 Å². The minimum absolute atomic E-state index is 0.00312. The highest BCUT2D eigenvalue weighted by atomic mass is 16.5. The molecule has 2 amide bonds. The van der Waals surface area contributed by atoms with Gasteiger partial charge in [-0.1, -0.05) is 37.8 Å². The van der Waals surface area contributed by atoms with E-state index in [2.05, 4.69) is 5.32 Å². The number of carbonyl (C=O) groups excluding carboxylic acids is 2. The van der Waals surface area contributed by atoms with Gasteiger partial charge in [-0.2, -0.15) is 0 Å². The number of rotatable bonds is 7. The molecule has 6 nitrogen and oxygen atoms in total. The summed E-state index contributed by atoms with van der Waals surface area (Å²) in [6.07, 6.45) is 7.34. The number of fused-ring (bicyclic) bond motifs is 1. The molecule has 2 aromatic carbocycles. The maximum atomic E-state index is 13.0. The number of hydrogen-bond donors (Lipinski definition) is 1. The quantitative estimate of drug-likeness (QED) is 0.454. The van der Waals surface area contributed by atoms with Crippen LogP contribution in [0.3, 0.4) is 0 Å². The lowest BCUT2D eigenvalue weighted by atomic mass is 10.0. The number of ether oxygens (including phenoxy) is 1. The topological polar surface area (TPSA) is 71.8 Å². The minimum Gasteiger partial charge on any atom is -0.497 e. The highest BCUT2D eigenvalue weighted by molar-refractivity contribution is 5.94. The lowest BCUT2D eigenvalue weighted by Gasteiger charge is -2.26. The Hall–Kier alpha value is -3.54. The SMILES string of the molecule is COc1ccc(C(=O)N2CCc3oc(-c4cccc(NC(=O)CCC5CCCC5)c4)cc3C2)cc1. The van der Waals surface area contributed by atoms with E-state index >= 15 is 0 Å². The molecule has 182 valence electrons. The van der Waals surface area contributed by atoms with E-state index in [1.165, 1.54) is 25.7 Å². The van der Waals surface area contributed by atoms with Crippen LogP contribution in [0.2, 0.25) is 0 Å². The number of nitrogens with zero attached hydrogens (tertiary/aromatic N) is 1. The van der Waals surface area contributed by atoms with Gasteiger partial charge in [-0.3, -0.25) is 9.59 Å². The van der Waals surface area contributed by atoms with E-state index in [1.54, 1.807) is 31.4 Å². The fraction of sp³-hybridized carbons (Fsp3) is 0.379. The van der Waals surface area contributed by atoms with Crippen molar-refractivity contribution in [3.8, 4) is 17.1 Å². The van der Waals surface area contributed by atoms with Crippen LogP contribution in [0.5, 0.6) is 5.75 Å². The summed E-state index contributed by atoms with van der Waals surface area (Å²) in [6.45, 7) is 1.13. The summed E-state index contributed by atoms with van der Waals surface area (Å²) in [5.74, 6) is 3.19. The Morgan fingerprint density at radius 3 is 2.66 bits per heavy atom. The van der Waals surface area contributed by atoms with Crippen molar-refractivity contribution in [3.63, 3.8) is 0 Å². The summed E-state index contributed by atoms with van der Waals surface area (Å²) in [6, 6.07) is 17.0. The fourth-order valence-electron chi connectivity index (χ4n) is 5.17. The zero-order valence-corrected chi connectivity index (χ0v) is 20.2. The highest BCUT2D eigenvalue weighted by Gasteiger charge is 2.25. The number of anilines is 1. The highest BCUT2D eigenvalue weighted by Crippen LogP contribution is 2.32. The van der Waals surface area contributed by atoms with Gasteiger partial charge in [-0.05, 0) is 54.8 Å². The van der Waals surface area contributed by atoms with Gasteiger partial charge in [0.25, 0.3) is 5.91 Å². The molecule has 2 aliphatic rings. The largest absolute Gasteiger partial charge is 0.497 e. The van der Waals surface area contributed by atoms with Crippen LogP contribution in [0.25, 0.3) is 11.3 Å². The van der Waals surface area contributed by atoms with Gasteiger partial charge in [0.2, 0.25) is 5.91 Å². The maximum Gasteiger partial charge on any atom is 0.254 e. The van der Waals surface area contributed by atoms with Crippen molar-refractivity contribution in [2.24, 2.45) is 5.92 Å². The minimum atomic E-state index is 0.00312. The van der Waals surface area contributed by atoms with Crippen LogP contribution in [0.15, 0.2) is 59.0 Å². The average molecular weight is 473 g/mol. The predicted octanol–water partition coefficient (Wildman–Crippen LogP) is 6.06. The Labute approximate surface area is 206 Å². The number of furan rings is 1. The number of amides is 2. The molecule has 2 heterocycles. The Morgan fingerprint density at radius 1 is 1.09 bits per heavy atom. The third-order valence-corrected chi connectivity index (χ3v) is 7.18. The van der Waals surface area contributed by atoms with Crippen molar-refractivity contribution in [1.29, 1.82) is 0 Å². The molecule has 1 aliphatic heterocycles. The first kappa shape index (κ1) is 23.2. The summed E-state index contributed by atoms with van der Waals surface area (Å²) in [4.78, 5) is 27.3. The zero-order chi connectivity index (χ0) is 24.2. The van der Waals surface area contributed by atoms with Gasteiger partial charge < -0.3 is 19.4 Å². The Kier molecular flexibility index (Phi) is 6.89. The molecular weight excluding hydrogens is 440 g/mol. The second kappa shape index (κ2) is 10.4. The van der Waals surface area contributed by atoms with Gasteiger partial charge in [0.1, 0.15) is 17.3 Å². The van der Waals surface area contributed by atoms with Crippen LogP contribution < -0.4 is 10.1 Å². The molecule has 0 unspecified atom stereocenters. The van der Waals surface area contributed by atoms with Gasteiger partial charge in [0.15, 0.2) is 0 Å². The van der Waals surface area contributed by atoms with Crippen LogP contribution in [0.1, 0.15) is 60.2 Å². The number of methoxy groups -OCH3 is 1. The normalized spacial score (nSPS) is 15.6. The Bertz CT molecular complexity index is 1190. The second-order valence-corrected chi connectivity index (χ2v) is 9.58. The van der Waals surface area contributed by atoms with Gasteiger partial charge in [0.05, 0.1) is 7.11 Å². The van der Waals surface area contributed by atoms with E-state index in [4.69, 9.17) is 9.15 Å². The van der Waals surface area contributed by atoms with Gasteiger partial charge in [-0.25, -0.2) is 0 Å². The fourth-order valence-corrected chi connectivity index (χ4v) is 5.17. The molecule has 5 rings (SSSR count). The van der Waals surface area contributed by atoms with Crippen LogP contribution in [0.4, 0.5) is 5.69 Å². The molecule has 0 atom stereocenters. The molecule has 1 N–H and O–H groups in total. The molecule has 0 spiro atoms. The molecule has 1 aliphatic carbocycles. The number of nitrogens with one attached hydrogen (secondary N) is 1. The van der Waals surface area contributed by atoms with E-state index < -0.39 is 0 Å². The molecule has 1 aromatic heterocycles. The molecule has 1 fully saturated rings. The summed E-state index contributed by atoms with van der Waals surface area (Å²) < 4.78 is 11.4. The lowest BCUT2D eigenvalue weighted by molar-refractivity contribution is -0.116. The van der Waals surface area contributed by atoms with E-state index in [0.29, 0.717) is 37.4 Å². The van der Waals surface area contributed by atoms with Crippen molar-refractivity contribution in [3.05, 3.63) is 71.5 Å². The van der Waals surface area contributed by atoms with E-state index in [9.17, 15) is 9.59 Å². The number of benzene rings is 2.